The summed E-state index contributed by atoms with van der Waals surface area (Å²) in [5.74, 6) is 2.44. The smallest absolute Gasteiger partial charge is 0.225 e. The van der Waals surface area contributed by atoms with E-state index in [1.54, 1.807) is 0 Å². The number of unbranched alkanes of at least 4 members (excludes halogenated alkanes) is 4. The maximum absolute atomic E-state index is 4.84. The summed E-state index contributed by atoms with van der Waals surface area (Å²) in [6, 6.07) is 27.0. The third-order valence-electron chi connectivity index (χ3n) is 8.76. The zero-order valence-electron chi connectivity index (χ0n) is 25.9. The second-order valence-corrected chi connectivity index (χ2v) is 12.3. The van der Waals surface area contributed by atoms with Crippen LogP contribution in [0, 0.1) is 5.92 Å². The number of para-hydroxylation sites is 1. The predicted octanol–water partition coefficient (Wildman–Crippen LogP) is 8.64. The first-order valence-corrected chi connectivity index (χ1v) is 16.2. The van der Waals surface area contributed by atoms with Crippen molar-refractivity contribution in [1.82, 2.24) is 15.3 Å². The van der Waals surface area contributed by atoms with Gasteiger partial charge in [0.25, 0.3) is 0 Å². The van der Waals surface area contributed by atoms with E-state index in [0.717, 1.165) is 54.5 Å². The van der Waals surface area contributed by atoms with Gasteiger partial charge in [0.1, 0.15) is 5.82 Å². The molecule has 1 fully saturated rings. The number of anilines is 2. The van der Waals surface area contributed by atoms with Crippen LogP contribution >= 0.6 is 0 Å². The van der Waals surface area contributed by atoms with Gasteiger partial charge in [0.15, 0.2) is 0 Å². The van der Waals surface area contributed by atoms with E-state index in [2.05, 4.69) is 83.1 Å². The molecule has 0 amide bonds. The zero-order valence-corrected chi connectivity index (χ0v) is 25.9. The third-order valence-corrected chi connectivity index (χ3v) is 8.76. The molecule has 2 N–H and O–H groups in total. The average Bonchev–Trinajstić information content (AvgIpc) is 3.02. The van der Waals surface area contributed by atoms with E-state index in [1.165, 1.54) is 73.6 Å². The molecule has 5 heteroatoms. The van der Waals surface area contributed by atoms with E-state index in [0.29, 0.717) is 6.04 Å². The Kier molecular flexibility index (Phi) is 10.8. The Hall–Kier alpha value is -3.44. The quantitative estimate of drug-likeness (QED) is 0.150. The van der Waals surface area contributed by atoms with Gasteiger partial charge in [0, 0.05) is 32.1 Å². The average molecular weight is 564 g/mol. The van der Waals surface area contributed by atoms with Crippen molar-refractivity contribution in [3.05, 3.63) is 83.9 Å². The highest BCUT2D eigenvalue weighted by Gasteiger charge is 2.22. The minimum Gasteiger partial charge on any atom is -0.362 e. The van der Waals surface area contributed by atoms with E-state index < -0.39 is 0 Å². The molecule has 1 saturated carbocycles. The Labute approximate surface area is 253 Å². The summed E-state index contributed by atoms with van der Waals surface area (Å²) in [5.41, 5.74) is 6.41. The van der Waals surface area contributed by atoms with E-state index in [-0.39, 0.29) is 0 Å². The lowest BCUT2D eigenvalue weighted by Crippen LogP contribution is -2.31. The molecule has 222 valence electrons. The highest BCUT2D eigenvalue weighted by Crippen LogP contribution is 2.28. The summed E-state index contributed by atoms with van der Waals surface area (Å²) in [5, 5.41) is 8.46. The number of benzene rings is 3. The number of hydrogen-bond acceptors (Lipinski definition) is 5. The molecule has 0 unspecified atom stereocenters. The van der Waals surface area contributed by atoms with Crippen LogP contribution in [0.5, 0.6) is 0 Å². The van der Waals surface area contributed by atoms with E-state index >= 15 is 0 Å². The molecule has 42 heavy (non-hydrogen) atoms. The lowest BCUT2D eigenvalue weighted by atomic mass is 9.86. The van der Waals surface area contributed by atoms with Gasteiger partial charge in [0.05, 0.1) is 5.52 Å². The molecule has 1 aliphatic rings. The number of fused-ring (bicyclic) bond motifs is 1. The highest BCUT2D eigenvalue weighted by molar-refractivity contribution is 5.90. The maximum Gasteiger partial charge on any atom is 0.225 e. The number of aryl methyl sites for hydroxylation is 1. The largest absolute Gasteiger partial charge is 0.362 e. The van der Waals surface area contributed by atoms with Gasteiger partial charge in [-0.15, -0.1) is 0 Å². The van der Waals surface area contributed by atoms with Gasteiger partial charge in [0.2, 0.25) is 5.95 Å². The molecule has 4 aromatic rings. The lowest BCUT2D eigenvalue weighted by molar-refractivity contribution is 0.324. The molecule has 0 bridgehead atoms. The first-order valence-electron chi connectivity index (χ1n) is 16.2. The molecule has 1 aromatic heterocycles. The molecule has 0 spiro atoms. The third kappa shape index (κ3) is 8.32. The Morgan fingerprint density at radius 2 is 1.40 bits per heavy atom. The molecule has 5 rings (SSSR count). The first kappa shape index (κ1) is 30.0. The van der Waals surface area contributed by atoms with Crippen LogP contribution in [0.15, 0.2) is 72.8 Å². The summed E-state index contributed by atoms with van der Waals surface area (Å²) in [7, 11) is 4.08. The standard InChI is InChI=1S/C37H49N5/c1-4-5-6-7-8-11-28-14-20-31(21-15-28)32-22-16-29(17-23-32)26-38-27-30-18-24-33(25-19-30)39-37-40-35-13-10-9-12-34(35)36(41-37)42(2)3/h9-10,12-17,20-23,30,33,38H,4-8,11,18-19,24-27H2,1-3H3,(H,39,40,41). The van der Waals surface area contributed by atoms with Crippen molar-refractivity contribution >= 4 is 22.7 Å². The van der Waals surface area contributed by atoms with Crippen molar-refractivity contribution in [2.45, 2.75) is 83.7 Å². The molecule has 1 aliphatic carbocycles. The summed E-state index contributed by atoms with van der Waals surface area (Å²) >= 11 is 0. The fourth-order valence-corrected chi connectivity index (χ4v) is 6.19. The van der Waals surface area contributed by atoms with Crippen LogP contribution in [-0.2, 0) is 13.0 Å². The first-order chi connectivity index (χ1) is 20.6. The molecular formula is C37H49N5. The summed E-state index contributed by atoms with van der Waals surface area (Å²) < 4.78 is 0. The van der Waals surface area contributed by atoms with Gasteiger partial charge in [-0.25, -0.2) is 4.98 Å². The molecule has 5 nitrogen and oxygen atoms in total. The maximum atomic E-state index is 4.84. The van der Waals surface area contributed by atoms with Crippen molar-refractivity contribution in [2.75, 3.05) is 30.9 Å². The van der Waals surface area contributed by atoms with Gasteiger partial charge in [-0.1, -0.05) is 93.3 Å². The SMILES string of the molecule is CCCCCCCc1ccc(-c2ccc(CNCC3CCC(Nc4nc(N(C)C)c5ccccc5n4)CC3)cc2)cc1. The second-order valence-electron chi connectivity index (χ2n) is 12.3. The van der Waals surface area contributed by atoms with Crippen LogP contribution in [0.2, 0.25) is 0 Å². The van der Waals surface area contributed by atoms with E-state index in [4.69, 9.17) is 9.97 Å². The minimum atomic E-state index is 0.435. The van der Waals surface area contributed by atoms with E-state index in [9.17, 15) is 0 Å². The minimum absolute atomic E-state index is 0.435. The summed E-state index contributed by atoms with van der Waals surface area (Å²) in [6.07, 6.45) is 12.7. The molecule has 3 aromatic carbocycles. The number of rotatable bonds is 14. The Bertz CT molecular complexity index is 1370. The fourth-order valence-electron chi connectivity index (χ4n) is 6.19. The molecule has 1 heterocycles. The van der Waals surface area contributed by atoms with Crippen molar-refractivity contribution in [3.8, 4) is 11.1 Å². The molecular weight excluding hydrogens is 514 g/mol. The number of aromatic nitrogens is 2. The van der Waals surface area contributed by atoms with Gasteiger partial charge < -0.3 is 15.5 Å². The van der Waals surface area contributed by atoms with Gasteiger partial charge in [-0.05, 0) is 85.4 Å². The Morgan fingerprint density at radius 3 is 2.10 bits per heavy atom. The molecule has 0 atom stereocenters. The van der Waals surface area contributed by atoms with Crippen molar-refractivity contribution in [3.63, 3.8) is 0 Å². The summed E-state index contributed by atoms with van der Waals surface area (Å²) in [4.78, 5) is 11.7. The van der Waals surface area contributed by atoms with E-state index in [1.807, 2.05) is 26.2 Å². The normalized spacial score (nSPS) is 16.9. The number of nitrogens with zero attached hydrogens (tertiary/aromatic N) is 3. The number of hydrogen-bond donors (Lipinski definition) is 2. The Balaban J connectivity index is 1.03. The van der Waals surface area contributed by atoms with Crippen molar-refractivity contribution < 1.29 is 0 Å². The van der Waals surface area contributed by atoms with Crippen LogP contribution in [0.25, 0.3) is 22.0 Å². The zero-order chi connectivity index (χ0) is 29.1. The predicted molar refractivity (Wildman–Crippen MR) is 179 cm³/mol. The molecule has 0 saturated heterocycles. The fraction of sp³-hybridized carbons (Fsp3) is 0.459. The summed E-state index contributed by atoms with van der Waals surface area (Å²) in [6.45, 7) is 4.27. The number of nitrogens with one attached hydrogen (secondary N) is 2. The van der Waals surface area contributed by atoms with Gasteiger partial charge in [-0.2, -0.15) is 4.98 Å². The van der Waals surface area contributed by atoms with Crippen LogP contribution in [0.4, 0.5) is 11.8 Å². The molecule has 0 radical (unpaired) electrons. The van der Waals surface area contributed by atoms with Crippen molar-refractivity contribution in [2.24, 2.45) is 5.92 Å². The van der Waals surface area contributed by atoms with Crippen LogP contribution < -0.4 is 15.5 Å². The lowest BCUT2D eigenvalue weighted by Gasteiger charge is -2.29. The monoisotopic (exact) mass is 563 g/mol. The van der Waals surface area contributed by atoms with Crippen molar-refractivity contribution in [1.29, 1.82) is 0 Å². The highest BCUT2D eigenvalue weighted by atomic mass is 15.2. The van der Waals surface area contributed by atoms with Crippen LogP contribution in [0.3, 0.4) is 0 Å². The van der Waals surface area contributed by atoms with Gasteiger partial charge in [-0.3, -0.25) is 0 Å². The van der Waals surface area contributed by atoms with Gasteiger partial charge >= 0.3 is 0 Å². The Morgan fingerprint density at radius 1 is 0.738 bits per heavy atom. The second kappa shape index (κ2) is 15.2. The topological polar surface area (TPSA) is 53.1 Å². The molecule has 0 aliphatic heterocycles. The van der Waals surface area contributed by atoms with Crippen LogP contribution in [-0.4, -0.2) is 36.6 Å². The van der Waals surface area contributed by atoms with Crippen LogP contribution in [0.1, 0.15) is 75.8 Å².